The smallest absolute Gasteiger partial charge is 0.318 e. The van der Waals surface area contributed by atoms with E-state index in [1.807, 2.05) is 13.8 Å². The molecule has 1 fully saturated rings. The zero-order chi connectivity index (χ0) is 12.9. The average molecular weight is 257 g/mol. The lowest BCUT2D eigenvalue weighted by Gasteiger charge is -2.38. The summed E-state index contributed by atoms with van der Waals surface area (Å²) in [6.45, 7) is 5.35. The predicted octanol–water partition coefficient (Wildman–Crippen LogP) is 2.03. The summed E-state index contributed by atoms with van der Waals surface area (Å²) in [6.07, 6.45) is 5.10. The second-order valence-electron chi connectivity index (χ2n) is 4.61. The maximum absolute atomic E-state index is 12.1. The maximum atomic E-state index is 12.1. The van der Waals surface area contributed by atoms with E-state index in [2.05, 4.69) is 5.32 Å². The van der Waals surface area contributed by atoms with Crippen molar-refractivity contribution < 1.29 is 4.79 Å². The van der Waals surface area contributed by atoms with Crippen LogP contribution < -0.4 is 11.1 Å². The van der Waals surface area contributed by atoms with Gasteiger partial charge in [0.05, 0.1) is 10.5 Å². The van der Waals surface area contributed by atoms with Crippen LogP contribution in [0.3, 0.4) is 0 Å². The fraction of sp³-hybridized carbons (Fsp3) is 0.833. The molecule has 0 aliphatic heterocycles. The molecule has 0 radical (unpaired) electrons. The van der Waals surface area contributed by atoms with E-state index in [-0.39, 0.29) is 6.03 Å². The van der Waals surface area contributed by atoms with Crippen molar-refractivity contribution in [2.75, 3.05) is 13.1 Å². The van der Waals surface area contributed by atoms with Crippen LogP contribution in [0, 0.1) is 0 Å². The third kappa shape index (κ3) is 3.31. The minimum absolute atomic E-state index is 0.0512. The Morgan fingerprint density at radius 3 is 2.24 bits per heavy atom. The Morgan fingerprint density at radius 2 is 1.82 bits per heavy atom. The molecule has 0 atom stereocenters. The Kier molecular flexibility index (Phi) is 5.18. The van der Waals surface area contributed by atoms with Crippen molar-refractivity contribution in [1.29, 1.82) is 0 Å². The SMILES string of the molecule is CCN(CC)C(=O)NC1(C(N)=S)CCCCC1. The van der Waals surface area contributed by atoms with Crippen LogP contribution >= 0.6 is 12.2 Å². The van der Waals surface area contributed by atoms with Gasteiger partial charge in [0.2, 0.25) is 0 Å². The average Bonchev–Trinajstić information content (AvgIpc) is 2.31. The Balaban J connectivity index is 2.73. The van der Waals surface area contributed by atoms with Gasteiger partial charge in [-0.3, -0.25) is 0 Å². The third-order valence-corrected chi connectivity index (χ3v) is 3.97. The van der Waals surface area contributed by atoms with Gasteiger partial charge >= 0.3 is 6.03 Å². The van der Waals surface area contributed by atoms with E-state index < -0.39 is 5.54 Å². The van der Waals surface area contributed by atoms with Crippen LogP contribution in [0.2, 0.25) is 0 Å². The molecule has 0 saturated heterocycles. The number of carbonyl (C=O) groups excluding carboxylic acids is 1. The number of hydrogen-bond donors (Lipinski definition) is 2. The molecule has 17 heavy (non-hydrogen) atoms. The molecule has 0 heterocycles. The highest BCUT2D eigenvalue weighted by Crippen LogP contribution is 2.28. The first-order valence-corrected chi connectivity index (χ1v) is 6.83. The lowest BCUT2D eigenvalue weighted by atomic mass is 9.81. The summed E-state index contributed by atoms with van der Waals surface area (Å²) < 4.78 is 0. The number of urea groups is 1. The van der Waals surface area contributed by atoms with E-state index in [9.17, 15) is 4.79 Å². The van der Waals surface area contributed by atoms with E-state index in [4.69, 9.17) is 18.0 Å². The highest BCUT2D eigenvalue weighted by Gasteiger charge is 2.37. The van der Waals surface area contributed by atoms with Gasteiger partial charge in [0.1, 0.15) is 0 Å². The van der Waals surface area contributed by atoms with Gasteiger partial charge in [0.15, 0.2) is 0 Å². The number of nitrogens with one attached hydrogen (secondary N) is 1. The van der Waals surface area contributed by atoms with Crippen molar-refractivity contribution in [2.24, 2.45) is 5.73 Å². The number of nitrogens with two attached hydrogens (primary N) is 1. The molecule has 0 aromatic rings. The molecule has 0 unspecified atom stereocenters. The molecule has 0 bridgehead atoms. The quantitative estimate of drug-likeness (QED) is 0.758. The van der Waals surface area contributed by atoms with Gasteiger partial charge in [-0.05, 0) is 26.7 Å². The molecule has 0 spiro atoms. The Bertz CT molecular complexity index is 283. The highest BCUT2D eigenvalue weighted by atomic mass is 32.1. The van der Waals surface area contributed by atoms with Gasteiger partial charge in [-0.1, -0.05) is 31.5 Å². The number of amides is 2. The van der Waals surface area contributed by atoms with Crippen molar-refractivity contribution in [3.63, 3.8) is 0 Å². The topological polar surface area (TPSA) is 58.4 Å². The fourth-order valence-corrected chi connectivity index (χ4v) is 2.64. The monoisotopic (exact) mass is 257 g/mol. The fourth-order valence-electron chi connectivity index (χ4n) is 2.38. The van der Waals surface area contributed by atoms with E-state index in [1.165, 1.54) is 6.42 Å². The Labute approximate surface area is 109 Å². The summed E-state index contributed by atoms with van der Waals surface area (Å²) in [5, 5.41) is 3.05. The van der Waals surface area contributed by atoms with Crippen LogP contribution in [-0.4, -0.2) is 34.5 Å². The third-order valence-electron chi connectivity index (χ3n) is 3.58. The van der Waals surface area contributed by atoms with Gasteiger partial charge in [-0.15, -0.1) is 0 Å². The number of rotatable bonds is 4. The van der Waals surface area contributed by atoms with Crippen LogP contribution in [0.15, 0.2) is 0 Å². The van der Waals surface area contributed by atoms with Crippen LogP contribution in [0.4, 0.5) is 4.79 Å². The Hall–Kier alpha value is -0.840. The number of carbonyl (C=O) groups is 1. The van der Waals surface area contributed by atoms with Crippen LogP contribution in [0.5, 0.6) is 0 Å². The second-order valence-corrected chi connectivity index (χ2v) is 5.05. The largest absolute Gasteiger partial charge is 0.391 e. The molecular weight excluding hydrogens is 234 g/mol. The van der Waals surface area contributed by atoms with Gasteiger partial charge in [0.25, 0.3) is 0 Å². The highest BCUT2D eigenvalue weighted by molar-refractivity contribution is 7.80. The van der Waals surface area contributed by atoms with Gasteiger partial charge in [-0.2, -0.15) is 0 Å². The molecule has 1 saturated carbocycles. The molecule has 3 N–H and O–H groups in total. The number of thiocarbonyl (C=S) groups is 1. The summed E-state index contributed by atoms with van der Waals surface area (Å²) in [5.74, 6) is 0. The van der Waals surface area contributed by atoms with E-state index in [0.29, 0.717) is 18.1 Å². The molecule has 98 valence electrons. The van der Waals surface area contributed by atoms with Crippen molar-refractivity contribution in [2.45, 2.75) is 51.5 Å². The van der Waals surface area contributed by atoms with Crippen LogP contribution in [-0.2, 0) is 0 Å². The first-order chi connectivity index (χ1) is 8.05. The summed E-state index contributed by atoms with van der Waals surface area (Å²) >= 11 is 5.15. The molecule has 0 aromatic heterocycles. The first kappa shape index (κ1) is 14.2. The zero-order valence-electron chi connectivity index (χ0n) is 10.8. The van der Waals surface area contributed by atoms with E-state index in [1.54, 1.807) is 4.90 Å². The number of nitrogens with zero attached hydrogens (tertiary/aromatic N) is 1. The second kappa shape index (κ2) is 6.19. The first-order valence-electron chi connectivity index (χ1n) is 6.42. The lowest BCUT2D eigenvalue weighted by Crippen LogP contribution is -2.60. The summed E-state index contributed by atoms with van der Waals surface area (Å²) in [4.78, 5) is 14.3. The van der Waals surface area contributed by atoms with Crippen molar-refractivity contribution in [3.05, 3.63) is 0 Å². The molecule has 4 nitrogen and oxygen atoms in total. The minimum atomic E-state index is -0.451. The van der Waals surface area contributed by atoms with Crippen LogP contribution in [0.1, 0.15) is 46.0 Å². The predicted molar refractivity (Wildman–Crippen MR) is 74.1 cm³/mol. The Morgan fingerprint density at radius 1 is 1.29 bits per heavy atom. The lowest BCUT2D eigenvalue weighted by molar-refractivity contribution is 0.188. The number of hydrogen-bond acceptors (Lipinski definition) is 2. The van der Waals surface area contributed by atoms with Crippen molar-refractivity contribution >= 4 is 23.2 Å². The summed E-state index contributed by atoms with van der Waals surface area (Å²) in [5.41, 5.74) is 5.38. The zero-order valence-corrected chi connectivity index (χ0v) is 11.6. The molecule has 0 aromatic carbocycles. The van der Waals surface area contributed by atoms with Crippen LogP contribution in [0.25, 0.3) is 0 Å². The molecule has 1 aliphatic rings. The maximum Gasteiger partial charge on any atom is 0.318 e. The molecule has 2 amide bonds. The molecule has 1 rings (SSSR count). The van der Waals surface area contributed by atoms with Gasteiger partial charge < -0.3 is 16.0 Å². The van der Waals surface area contributed by atoms with Crippen molar-refractivity contribution in [3.8, 4) is 0 Å². The van der Waals surface area contributed by atoms with Gasteiger partial charge in [-0.25, -0.2) is 4.79 Å². The van der Waals surface area contributed by atoms with E-state index >= 15 is 0 Å². The van der Waals surface area contributed by atoms with E-state index in [0.717, 1.165) is 25.7 Å². The van der Waals surface area contributed by atoms with Crippen molar-refractivity contribution in [1.82, 2.24) is 10.2 Å². The summed E-state index contributed by atoms with van der Waals surface area (Å²) in [7, 11) is 0. The van der Waals surface area contributed by atoms with Gasteiger partial charge in [0, 0.05) is 13.1 Å². The minimum Gasteiger partial charge on any atom is -0.391 e. The molecule has 1 aliphatic carbocycles. The standard InChI is InChI=1S/C12H23N3OS/c1-3-15(4-2)11(16)14-12(10(13)17)8-6-5-7-9-12/h3-9H2,1-2H3,(H2,13,17)(H,14,16). The normalized spacial score (nSPS) is 18.5. The summed E-state index contributed by atoms with van der Waals surface area (Å²) in [6, 6.07) is -0.0512. The molecular formula is C12H23N3OS. The molecule has 5 heteroatoms.